The van der Waals surface area contributed by atoms with Crippen molar-refractivity contribution in [2.24, 2.45) is 17.0 Å². The van der Waals surface area contributed by atoms with Crippen molar-refractivity contribution in [1.29, 1.82) is 0 Å². The van der Waals surface area contributed by atoms with Gasteiger partial charge >= 0.3 is 5.97 Å². The van der Waals surface area contributed by atoms with Gasteiger partial charge in [0, 0.05) is 12.3 Å². The first-order valence-electron chi connectivity index (χ1n) is 5.77. The quantitative estimate of drug-likeness (QED) is 0.845. The Hall–Kier alpha value is -1.84. The molecule has 1 N–H and O–H groups in total. The molecule has 0 amide bonds. The number of fused-ring (bicyclic) bond motifs is 1. The summed E-state index contributed by atoms with van der Waals surface area (Å²) < 4.78 is 0. The van der Waals surface area contributed by atoms with Crippen LogP contribution < -0.4 is 0 Å². The van der Waals surface area contributed by atoms with Gasteiger partial charge in [0.25, 0.3) is 0 Å². The van der Waals surface area contributed by atoms with E-state index in [9.17, 15) is 4.79 Å². The highest BCUT2D eigenvalue weighted by Gasteiger charge is 2.45. The SMILES string of the molecule is O=C(O)[C@@H]1C[C@@H]2ON=C(c3ccccc3)[C@@H]2C1. The molecular weight excluding hydrogens is 218 g/mol. The fraction of sp³-hybridized carbons (Fsp3) is 0.385. The van der Waals surface area contributed by atoms with Crippen molar-refractivity contribution in [2.75, 3.05) is 0 Å². The number of carbonyl (C=O) groups is 1. The molecular formula is C13H13NO3. The Labute approximate surface area is 98.9 Å². The van der Waals surface area contributed by atoms with E-state index in [4.69, 9.17) is 9.94 Å². The van der Waals surface area contributed by atoms with E-state index < -0.39 is 5.97 Å². The molecule has 0 saturated heterocycles. The number of rotatable bonds is 2. The second-order valence-electron chi connectivity index (χ2n) is 4.60. The second-order valence-corrected chi connectivity index (χ2v) is 4.60. The van der Waals surface area contributed by atoms with Crippen molar-refractivity contribution in [1.82, 2.24) is 0 Å². The highest BCUT2D eigenvalue weighted by molar-refractivity contribution is 6.03. The molecule has 3 atom stereocenters. The van der Waals surface area contributed by atoms with E-state index in [1.54, 1.807) is 0 Å². The van der Waals surface area contributed by atoms with Gasteiger partial charge in [0.05, 0.1) is 11.6 Å². The molecule has 1 fully saturated rings. The molecule has 17 heavy (non-hydrogen) atoms. The van der Waals surface area contributed by atoms with Crippen LogP contribution >= 0.6 is 0 Å². The van der Waals surface area contributed by atoms with Crippen LogP contribution in [0.4, 0.5) is 0 Å². The molecule has 3 rings (SSSR count). The zero-order valence-electron chi connectivity index (χ0n) is 9.24. The maximum Gasteiger partial charge on any atom is 0.306 e. The number of aliphatic carboxylic acids is 1. The normalized spacial score (nSPS) is 30.6. The van der Waals surface area contributed by atoms with Crippen molar-refractivity contribution >= 4 is 11.7 Å². The van der Waals surface area contributed by atoms with E-state index in [0.717, 1.165) is 11.3 Å². The smallest absolute Gasteiger partial charge is 0.306 e. The molecule has 88 valence electrons. The largest absolute Gasteiger partial charge is 0.481 e. The monoisotopic (exact) mass is 231 g/mol. The van der Waals surface area contributed by atoms with Crippen LogP contribution in [0, 0.1) is 11.8 Å². The van der Waals surface area contributed by atoms with Crippen LogP contribution in [0.5, 0.6) is 0 Å². The van der Waals surface area contributed by atoms with Crippen molar-refractivity contribution in [3.63, 3.8) is 0 Å². The molecule has 0 unspecified atom stereocenters. The van der Waals surface area contributed by atoms with Crippen LogP contribution in [-0.2, 0) is 9.63 Å². The molecule has 1 aromatic rings. The van der Waals surface area contributed by atoms with Gasteiger partial charge in [-0.3, -0.25) is 4.79 Å². The molecule has 4 heteroatoms. The molecule has 0 bridgehead atoms. The van der Waals surface area contributed by atoms with Crippen LogP contribution in [0.1, 0.15) is 18.4 Å². The molecule has 1 aliphatic heterocycles. The maximum atomic E-state index is 11.0. The average molecular weight is 231 g/mol. The molecule has 0 radical (unpaired) electrons. The van der Waals surface area contributed by atoms with Gasteiger partial charge in [-0.15, -0.1) is 0 Å². The Morgan fingerprint density at radius 3 is 2.76 bits per heavy atom. The van der Waals surface area contributed by atoms with E-state index in [1.165, 1.54) is 0 Å². The van der Waals surface area contributed by atoms with Crippen LogP contribution in [0.15, 0.2) is 35.5 Å². The van der Waals surface area contributed by atoms with Crippen LogP contribution in [0.2, 0.25) is 0 Å². The molecule has 1 saturated carbocycles. The summed E-state index contributed by atoms with van der Waals surface area (Å²) in [4.78, 5) is 16.3. The minimum Gasteiger partial charge on any atom is -0.481 e. The van der Waals surface area contributed by atoms with E-state index in [0.29, 0.717) is 12.8 Å². The predicted molar refractivity (Wildman–Crippen MR) is 61.7 cm³/mol. The lowest BCUT2D eigenvalue weighted by Crippen LogP contribution is -2.17. The van der Waals surface area contributed by atoms with Crippen LogP contribution in [-0.4, -0.2) is 22.9 Å². The lowest BCUT2D eigenvalue weighted by molar-refractivity contribution is -0.141. The zero-order valence-corrected chi connectivity index (χ0v) is 9.24. The number of nitrogens with zero attached hydrogens (tertiary/aromatic N) is 1. The van der Waals surface area contributed by atoms with Gasteiger partial charge in [0.1, 0.15) is 6.10 Å². The highest BCUT2D eigenvalue weighted by atomic mass is 16.6. The summed E-state index contributed by atoms with van der Waals surface area (Å²) in [5, 5.41) is 13.1. The maximum absolute atomic E-state index is 11.0. The predicted octanol–water partition coefficient (Wildman–Crippen LogP) is 1.90. The minimum atomic E-state index is -0.726. The Morgan fingerprint density at radius 2 is 2.06 bits per heavy atom. The van der Waals surface area contributed by atoms with Gasteiger partial charge in [-0.05, 0) is 12.0 Å². The van der Waals surface area contributed by atoms with Gasteiger partial charge in [0.2, 0.25) is 0 Å². The third-order valence-corrected chi connectivity index (χ3v) is 3.56. The van der Waals surface area contributed by atoms with Gasteiger partial charge in [-0.2, -0.15) is 0 Å². The van der Waals surface area contributed by atoms with E-state index in [2.05, 4.69) is 5.16 Å². The van der Waals surface area contributed by atoms with E-state index >= 15 is 0 Å². The number of hydrogen-bond donors (Lipinski definition) is 1. The minimum absolute atomic E-state index is 0.0497. The summed E-state index contributed by atoms with van der Waals surface area (Å²) >= 11 is 0. The fourth-order valence-corrected chi connectivity index (χ4v) is 2.67. The van der Waals surface area contributed by atoms with E-state index in [-0.39, 0.29) is 17.9 Å². The lowest BCUT2D eigenvalue weighted by Gasteiger charge is -2.08. The Balaban J connectivity index is 1.84. The molecule has 0 spiro atoms. The summed E-state index contributed by atoms with van der Waals surface area (Å²) in [5.41, 5.74) is 1.94. The van der Waals surface area contributed by atoms with Gasteiger partial charge < -0.3 is 9.94 Å². The van der Waals surface area contributed by atoms with Crippen molar-refractivity contribution in [2.45, 2.75) is 18.9 Å². The second kappa shape index (κ2) is 3.87. The average Bonchev–Trinajstić information content (AvgIpc) is 2.89. The summed E-state index contributed by atoms with van der Waals surface area (Å²) in [5.74, 6) is -0.881. The Bertz CT molecular complexity index is 469. The molecule has 0 aromatic heterocycles. The number of oxime groups is 1. The summed E-state index contributed by atoms with van der Waals surface area (Å²) in [6.07, 6.45) is 1.15. The molecule has 1 aromatic carbocycles. The highest BCUT2D eigenvalue weighted by Crippen LogP contribution is 2.39. The summed E-state index contributed by atoms with van der Waals surface area (Å²) in [6.45, 7) is 0. The topological polar surface area (TPSA) is 58.9 Å². The number of benzene rings is 1. The third kappa shape index (κ3) is 1.69. The van der Waals surface area contributed by atoms with Gasteiger partial charge in [-0.25, -0.2) is 0 Å². The molecule has 2 aliphatic rings. The first kappa shape index (κ1) is 10.3. The van der Waals surface area contributed by atoms with Crippen molar-refractivity contribution in [3.8, 4) is 0 Å². The summed E-state index contributed by atoms with van der Waals surface area (Å²) in [6, 6.07) is 9.83. The zero-order chi connectivity index (χ0) is 11.8. The van der Waals surface area contributed by atoms with Crippen LogP contribution in [0.3, 0.4) is 0 Å². The first-order valence-corrected chi connectivity index (χ1v) is 5.77. The van der Waals surface area contributed by atoms with Crippen molar-refractivity contribution in [3.05, 3.63) is 35.9 Å². The fourth-order valence-electron chi connectivity index (χ4n) is 2.67. The molecule has 1 heterocycles. The summed E-state index contributed by atoms with van der Waals surface area (Å²) in [7, 11) is 0. The standard InChI is InChI=1S/C13H13NO3/c15-13(16)9-6-10-11(7-9)17-14-12(10)8-4-2-1-3-5-8/h1-5,9-11H,6-7H2,(H,15,16)/t9-,10+,11-/m0/s1. The van der Waals surface area contributed by atoms with Gasteiger partial charge in [0.15, 0.2) is 0 Å². The Morgan fingerprint density at radius 1 is 1.29 bits per heavy atom. The number of hydrogen-bond acceptors (Lipinski definition) is 3. The van der Waals surface area contributed by atoms with E-state index in [1.807, 2.05) is 30.3 Å². The Kier molecular flexibility index (Phi) is 2.35. The van der Waals surface area contributed by atoms with Crippen LogP contribution in [0.25, 0.3) is 0 Å². The van der Waals surface area contributed by atoms with Crippen molar-refractivity contribution < 1.29 is 14.7 Å². The third-order valence-electron chi connectivity index (χ3n) is 3.56. The lowest BCUT2D eigenvalue weighted by atomic mass is 9.94. The number of carboxylic acid groups (broad SMARTS) is 1. The number of carboxylic acids is 1. The first-order chi connectivity index (χ1) is 8.25. The molecule has 4 nitrogen and oxygen atoms in total. The van der Waals surface area contributed by atoms with Gasteiger partial charge in [-0.1, -0.05) is 35.5 Å². The molecule has 1 aliphatic carbocycles.